The van der Waals surface area contributed by atoms with Crippen molar-refractivity contribution in [1.29, 1.82) is 0 Å². The van der Waals surface area contributed by atoms with Crippen LogP contribution in [-0.2, 0) is 6.54 Å². The maximum absolute atomic E-state index is 3.49. The summed E-state index contributed by atoms with van der Waals surface area (Å²) < 4.78 is 0. The summed E-state index contributed by atoms with van der Waals surface area (Å²) in [6, 6.07) is 4.40. The van der Waals surface area contributed by atoms with E-state index >= 15 is 0 Å². The Morgan fingerprint density at radius 3 is 2.92 bits per heavy atom. The van der Waals surface area contributed by atoms with Gasteiger partial charge < -0.3 is 10.6 Å². The van der Waals surface area contributed by atoms with E-state index in [1.54, 1.807) is 0 Å². The topological polar surface area (TPSA) is 24.1 Å². The van der Waals surface area contributed by atoms with Gasteiger partial charge in [-0.05, 0) is 25.0 Å². The van der Waals surface area contributed by atoms with Crippen molar-refractivity contribution in [2.45, 2.75) is 13.5 Å². The molecule has 2 rings (SSSR count). The van der Waals surface area contributed by atoms with Crippen LogP contribution >= 0.6 is 11.3 Å². The van der Waals surface area contributed by atoms with E-state index in [4.69, 9.17) is 0 Å². The lowest BCUT2D eigenvalue weighted by molar-refractivity contribution is 0.331. The van der Waals surface area contributed by atoms with Gasteiger partial charge in [0.25, 0.3) is 0 Å². The highest BCUT2D eigenvalue weighted by molar-refractivity contribution is 7.11. The Morgan fingerprint density at radius 1 is 1.54 bits per heavy atom. The molecular formula is C10H16N2S. The zero-order chi connectivity index (χ0) is 9.10. The van der Waals surface area contributed by atoms with Gasteiger partial charge in [0.15, 0.2) is 0 Å². The van der Waals surface area contributed by atoms with Crippen molar-refractivity contribution < 1.29 is 0 Å². The van der Waals surface area contributed by atoms with Gasteiger partial charge in [-0.15, -0.1) is 11.3 Å². The first-order valence-electron chi connectivity index (χ1n) is 4.81. The number of thiophene rings is 1. The zero-order valence-electron chi connectivity index (χ0n) is 7.97. The Hall–Kier alpha value is -0.380. The van der Waals surface area contributed by atoms with Gasteiger partial charge in [0.2, 0.25) is 0 Å². The van der Waals surface area contributed by atoms with E-state index in [1.807, 2.05) is 11.3 Å². The van der Waals surface area contributed by atoms with Gasteiger partial charge in [0.1, 0.15) is 0 Å². The Bertz CT molecular complexity index is 266. The minimum atomic E-state index is 0.862. The monoisotopic (exact) mass is 196 g/mol. The molecule has 2 nitrogen and oxygen atoms in total. The Labute approximate surface area is 83.4 Å². The molecule has 0 spiro atoms. The van der Waals surface area contributed by atoms with E-state index in [9.17, 15) is 0 Å². The molecule has 13 heavy (non-hydrogen) atoms. The van der Waals surface area contributed by atoms with Gasteiger partial charge in [0, 0.05) is 35.9 Å². The number of nitrogens with one attached hydrogen (secondary N) is 2. The van der Waals surface area contributed by atoms with Crippen molar-refractivity contribution >= 4 is 11.3 Å². The molecule has 0 saturated carbocycles. The average Bonchev–Trinajstić information content (AvgIpc) is 2.42. The molecule has 2 heterocycles. The van der Waals surface area contributed by atoms with E-state index < -0.39 is 0 Å². The zero-order valence-corrected chi connectivity index (χ0v) is 8.79. The lowest BCUT2D eigenvalue weighted by Gasteiger charge is -2.27. The van der Waals surface area contributed by atoms with Crippen LogP contribution < -0.4 is 10.6 Å². The van der Waals surface area contributed by atoms with Gasteiger partial charge in [0.05, 0.1) is 0 Å². The molecule has 1 aromatic rings. The quantitative estimate of drug-likeness (QED) is 0.760. The Kier molecular flexibility index (Phi) is 2.98. The molecule has 1 aromatic heterocycles. The second kappa shape index (κ2) is 4.22. The molecule has 72 valence electrons. The number of hydrogen-bond donors (Lipinski definition) is 2. The molecule has 3 heteroatoms. The molecule has 0 atom stereocenters. The van der Waals surface area contributed by atoms with Crippen LogP contribution in [0.5, 0.6) is 0 Å². The van der Waals surface area contributed by atoms with Crippen LogP contribution in [0, 0.1) is 12.8 Å². The average molecular weight is 196 g/mol. The highest BCUT2D eigenvalue weighted by Crippen LogP contribution is 2.14. The standard InChI is InChI=1S/C10H16N2S/c1-8-2-3-10(13-8)7-12-6-9-4-11-5-9/h2-3,9,11-12H,4-7H2,1H3. The van der Waals surface area contributed by atoms with E-state index in [-0.39, 0.29) is 0 Å². The number of rotatable bonds is 4. The molecule has 1 saturated heterocycles. The van der Waals surface area contributed by atoms with Crippen LogP contribution in [0.1, 0.15) is 9.75 Å². The van der Waals surface area contributed by atoms with Crippen LogP contribution in [0.4, 0.5) is 0 Å². The Balaban J connectivity index is 1.67. The summed E-state index contributed by atoms with van der Waals surface area (Å²) in [7, 11) is 0. The van der Waals surface area contributed by atoms with E-state index in [1.165, 1.54) is 22.8 Å². The van der Waals surface area contributed by atoms with Crippen LogP contribution in [0.2, 0.25) is 0 Å². The summed E-state index contributed by atoms with van der Waals surface area (Å²) in [5.74, 6) is 0.862. The van der Waals surface area contributed by atoms with Crippen molar-refractivity contribution in [3.63, 3.8) is 0 Å². The SMILES string of the molecule is Cc1ccc(CNCC2CNC2)s1. The van der Waals surface area contributed by atoms with E-state index in [0.29, 0.717) is 0 Å². The fourth-order valence-electron chi connectivity index (χ4n) is 1.47. The van der Waals surface area contributed by atoms with Crippen molar-refractivity contribution in [3.05, 3.63) is 21.9 Å². The smallest absolute Gasteiger partial charge is 0.0299 e. The van der Waals surface area contributed by atoms with Gasteiger partial charge in [-0.3, -0.25) is 0 Å². The predicted octanol–water partition coefficient (Wildman–Crippen LogP) is 1.37. The molecule has 0 radical (unpaired) electrons. The lowest BCUT2D eigenvalue weighted by atomic mass is 10.0. The first-order valence-corrected chi connectivity index (χ1v) is 5.63. The highest BCUT2D eigenvalue weighted by atomic mass is 32.1. The summed E-state index contributed by atoms with van der Waals surface area (Å²) in [6.07, 6.45) is 0. The lowest BCUT2D eigenvalue weighted by Crippen LogP contribution is -2.46. The third-order valence-corrected chi connectivity index (χ3v) is 3.39. The molecular weight excluding hydrogens is 180 g/mol. The third kappa shape index (κ3) is 2.53. The van der Waals surface area contributed by atoms with Crippen LogP contribution in [0.3, 0.4) is 0 Å². The molecule has 0 amide bonds. The van der Waals surface area contributed by atoms with Gasteiger partial charge in [-0.2, -0.15) is 0 Å². The van der Waals surface area contributed by atoms with Crippen LogP contribution in [0.25, 0.3) is 0 Å². The highest BCUT2D eigenvalue weighted by Gasteiger charge is 2.15. The number of hydrogen-bond acceptors (Lipinski definition) is 3. The molecule has 2 N–H and O–H groups in total. The fourth-order valence-corrected chi connectivity index (χ4v) is 2.33. The Morgan fingerprint density at radius 2 is 2.38 bits per heavy atom. The maximum Gasteiger partial charge on any atom is 0.0299 e. The third-order valence-electron chi connectivity index (χ3n) is 2.39. The minimum Gasteiger partial charge on any atom is -0.316 e. The molecule has 0 unspecified atom stereocenters. The predicted molar refractivity (Wildman–Crippen MR) is 57.1 cm³/mol. The molecule has 1 aliphatic heterocycles. The summed E-state index contributed by atoms with van der Waals surface area (Å²) >= 11 is 1.89. The van der Waals surface area contributed by atoms with Gasteiger partial charge in [-0.25, -0.2) is 0 Å². The van der Waals surface area contributed by atoms with Gasteiger partial charge in [-0.1, -0.05) is 0 Å². The second-order valence-corrected chi connectivity index (χ2v) is 5.04. The summed E-state index contributed by atoms with van der Waals surface area (Å²) in [6.45, 7) is 6.73. The summed E-state index contributed by atoms with van der Waals surface area (Å²) in [4.78, 5) is 2.85. The molecule has 1 aliphatic rings. The van der Waals surface area contributed by atoms with Crippen LogP contribution in [0.15, 0.2) is 12.1 Å². The largest absolute Gasteiger partial charge is 0.316 e. The first-order chi connectivity index (χ1) is 6.34. The summed E-state index contributed by atoms with van der Waals surface area (Å²) in [5.41, 5.74) is 0. The van der Waals surface area contributed by atoms with Crippen molar-refractivity contribution in [2.75, 3.05) is 19.6 Å². The molecule has 0 aromatic carbocycles. The second-order valence-electron chi connectivity index (χ2n) is 3.67. The van der Waals surface area contributed by atoms with Crippen LogP contribution in [-0.4, -0.2) is 19.6 Å². The fraction of sp³-hybridized carbons (Fsp3) is 0.600. The maximum atomic E-state index is 3.49. The van der Waals surface area contributed by atoms with Crippen molar-refractivity contribution in [1.82, 2.24) is 10.6 Å². The van der Waals surface area contributed by atoms with Crippen molar-refractivity contribution in [3.8, 4) is 0 Å². The molecule has 0 aliphatic carbocycles. The van der Waals surface area contributed by atoms with Gasteiger partial charge >= 0.3 is 0 Å². The van der Waals surface area contributed by atoms with Crippen molar-refractivity contribution in [2.24, 2.45) is 5.92 Å². The van der Waals surface area contributed by atoms with E-state index in [2.05, 4.69) is 29.7 Å². The normalized spacial score (nSPS) is 17.3. The first kappa shape index (κ1) is 9.19. The molecule has 0 bridgehead atoms. The summed E-state index contributed by atoms with van der Waals surface area (Å²) in [5, 5.41) is 6.76. The molecule has 1 fully saturated rings. The number of aryl methyl sites for hydroxylation is 1. The van der Waals surface area contributed by atoms with E-state index in [0.717, 1.165) is 19.0 Å². The minimum absolute atomic E-state index is 0.862.